The predicted octanol–water partition coefficient (Wildman–Crippen LogP) is 3.27. The van der Waals surface area contributed by atoms with E-state index in [9.17, 15) is 4.39 Å². The maximum Gasteiger partial charge on any atom is 0.165 e. The van der Waals surface area contributed by atoms with E-state index in [-0.39, 0.29) is 11.8 Å². The molecule has 2 rings (SSSR count). The average molecular weight is 271 g/mol. The zero-order valence-corrected chi connectivity index (χ0v) is 11.2. The topological polar surface area (TPSA) is 57.9 Å². The molecule has 0 saturated heterocycles. The molecule has 0 bridgehead atoms. The zero-order valence-electron chi connectivity index (χ0n) is 11.2. The molecule has 0 aliphatic carbocycles. The molecule has 1 unspecified atom stereocenters. The van der Waals surface area contributed by atoms with E-state index in [1.165, 1.54) is 19.4 Å². The van der Waals surface area contributed by atoms with E-state index in [0.29, 0.717) is 11.4 Å². The summed E-state index contributed by atoms with van der Waals surface area (Å²) in [5.41, 5.74) is 1.29. The summed E-state index contributed by atoms with van der Waals surface area (Å²) in [6.45, 7) is 1.90. The number of methoxy groups -OCH3 is 1. The SMILES string of the molecule is COc1ccc(C(C)Nc2ccc(C#N)cn2)cc1F. The molecule has 0 fully saturated rings. The number of pyridine rings is 1. The third-order valence-electron chi connectivity index (χ3n) is 2.93. The Balaban J connectivity index is 2.13. The van der Waals surface area contributed by atoms with E-state index < -0.39 is 5.82 Å². The Labute approximate surface area is 116 Å². The molecule has 0 aliphatic heterocycles. The number of nitriles is 1. The Bertz CT molecular complexity index is 635. The van der Waals surface area contributed by atoms with Crippen LogP contribution in [-0.4, -0.2) is 12.1 Å². The van der Waals surface area contributed by atoms with Crippen molar-refractivity contribution in [2.45, 2.75) is 13.0 Å². The maximum atomic E-state index is 13.6. The highest BCUT2D eigenvalue weighted by Crippen LogP contribution is 2.23. The molecule has 1 aromatic carbocycles. The number of rotatable bonds is 4. The number of anilines is 1. The second kappa shape index (κ2) is 6.02. The van der Waals surface area contributed by atoms with Crippen molar-refractivity contribution in [1.29, 1.82) is 5.26 Å². The zero-order chi connectivity index (χ0) is 14.5. The van der Waals surface area contributed by atoms with Crippen molar-refractivity contribution in [3.8, 4) is 11.8 Å². The third kappa shape index (κ3) is 3.04. The van der Waals surface area contributed by atoms with Gasteiger partial charge in [-0.3, -0.25) is 0 Å². The van der Waals surface area contributed by atoms with Crippen LogP contribution in [0.4, 0.5) is 10.2 Å². The first kappa shape index (κ1) is 13.8. The average Bonchev–Trinajstić information content (AvgIpc) is 2.48. The molecule has 0 spiro atoms. The number of ether oxygens (including phenoxy) is 1. The van der Waals surface area contributed by atoms with Gasteiger partial charge in [0.05, 0.1) is 18.7 Å². The van der Waals surface area contributed by atoms with Crippen LogP contribution in [-0.2, 0) is 0 Å². The number of aromatic nitrogens is 1. The molecule has 1 N–H and O–H groups in total. The molecule has 2 aromatic rings. The standard InChI is InChI=1S/C15H14FN3O/c1-10(12-4-5-14(20-2)13(16)7-12)19-15-6-3-11(8-17)9-18-15/h3-7,9-10H,1-2H3,(H,18,19). The van der Waals surface area contributed by atoms with Gasteiger partial charge in [-0.2, -0.15) is 5.26 Å². The van der Waals surface area contributed by atoms with Crippen LogP contribution in [0.25, 0.3) is 0 Å². The lowest BCUT2D eigenvalue weighted by Gasteiger charge is -2.15. The molecule has 1 atom stereocenters. The molecule has 0 saturated carbocycles. The molecule has 0 radical (unpaired) electrons. The molecular weight excluding hydrogens is 257 g/mol. The Hall–Kier alpha value is -2.61. The highest BCUT2D eigenvalue weighted by molar-refractivity contribution is 5.42. The normalized spacial score (nSPS) is 11.5. The van der Waals surface area contributed by atoms with Gasteiger partial charge in [0.2, 0.25) is 0 Å². The van der Waals surface area contributed by atoms with Crippen molar-refractivity contribution in [2.24, 2.45) is 0 Å². The number of nitrogens with one attached hydrogen (secondary N) is 1. The van der Waals surface area contributed by atoms with Gasteiger partial charge in [-0.05, 0) is 36.8 Å². The van der Waals surface area contributed by atoms with Gasteiger partial charge in [0.25, 0.3) is 0 Å². The van der Waals surface area contributed by atoms with Gasteiger partial charge in [0.1, 0.15) is 11.9 Å². The summed E-state index contributed by atoms with van der Waals surface area (Å²) in [6, 6.07) is 10.1. The van der Waals surface area contributed by atoms with Crippen LogP contribution in [0.2, 0.25) is 0 Å². The van der Waals surface area contributed by atoms with Crippen molar-refractivity contribution in [3.05, 3.63) is 53.5 Å². The smallest absolute Gasteiger partial charge is 0.165 e. The first-order valence-electron chi connectivity index (χ1n) is 6.10. The number of nitrogens with zero attached hydrogens (tertiary/aromatic N) is 2. The molecule has 4 nitrogen and oxygen atoms in total. The molecule has 20 heavy (non-hydrogen) atoms. The second-order valence-electron chi connectivity index (χ2n) is 4.30. The van der Waals surface area contributed by atoms with E-state index in [4.69, 9.17) is 10.00 Å². The van der Waals surface area contributed by atoms with Crippen LogP contribution in [0.1, 0.15) is 24.1 Å². The van der Waals surface area contributed by atoms with Gasteiger partial charge in [0.15, 0.2) is 11.6 Å². The largest absolute Gasteiger partial charge is 0.494 e. The molecular formula is C15H14FN3O. The van der Waals surface area contributed by atoms with Gasteiger partial charge in [0, 0.05) is 6.20 Å². The highest BCUT2D eigenvalue weighted by Gasteiger charge is 2.10. The Morgan fingerprint density at radius 3 is 2.70 bits per heavy atom. The first-order chi connectivity index (χ1) is 9.63. The summed E-state index contributed by atoms with van der Waals surface area (Å²) in [4.78, 5) is 4.12. The maximum absolute atomic E-state index is 13.6. The fourth-order valence-corrected chi connectivity index (χ4v) is 1.80. The molecule has 0 aliphatic rings. The lowest BCUT2D eigenvalue weighted by Crippen LogP contribution is -2.08. The minimum atomic E-state index is -0.397. The van der Waals surface area contributed by atoms with E-state index in [0.717, 1.165) is 5.56 Å². The van der Waals surface area contributed by atoms with Gasteiger partial charge in [-0.25, -0.2) is 9.37 Å². The molecule has 5 heteroatoms. The molecule has 0 amide bonds. The second-order valence-corrected chi connectivity index (χ2v) is 4.30. The minimum absolute atomic E-state index is 0.115. The number of hydrogen-bond donors (Lipinski definition) is 1. The third-order valence-corrected chi connectivity index (χ3v) is 2.93. The summed E-state index contributed by atoms with van der Waals surface area (Å²) in [5.74, 6) is 0.455. The molecule has 1 heterocycles. The fraction of sp³-hybridized carbons (Fsp3) is 0.200. The summed E-state index contributed by atoms with van der Waals surface area (Å²) in [5, 5.41) is 11.9. The lowest BCUT2D eigenvalue weighted by atomic mass is 10.1. The van der Waals surface area contributed by atoms with E-state index in [1.807, 2.05) is 13.0 Å². The fourth-order valence-electron chi connectivity index (χ4n) is 1.80. The van der Waals surface area contributed by atoms with Crippen LogP contribution in [0.3, 0.4) is 0 Å². The quantitative estimate of drug-likeness (QED) is 0.927. The van der Waals surface area contributed by atoms with Crippen molar-refractivity contribution in [1.82, 2.24) is 4.98 Å². The monoisotopic (exact) mass is 271 g/mol. The number of benzene rings is 1. The van der Waals surface area contributed by atoms with Crippen molar-refractivity contribution in [2.75, 3.05) is 12.4 Å². The van der Waals surface area contributed by atoms with Crippen molar-refractivity contribution < 1.29 is 9.13 Å². The first-order valence-corrected chi connectivity index (χ1v) is 6.10. The van der Waals surface area contributed by atoms with Gasteiger partial charge < -0.3 is 10.1 Å². The number of halogens is 1. The summed E-state index contributed by atoms with van der Waals surface area (Å²) in [7, 11) is 1.43. The van der Waals surface area contributed by atoms with Gasteiger partial charge in [-0.15, -0.1) is 0 Å². The van der Waals surface area contributed by atoms with Crippen LogP contribution in [0, 0.1) is 17.1 Å². The van der Waals surface area contributed by atoms with Crippen molar-refractivity contribution in [3.63, 3.8) is 0 Å². The van der Waals surface area contributed by atoms with E-state index in [2.05, 4.69) is 10.3 Å². The minimum Gasteiger partial charge on any atom is -0.494 e. The molecule has 102 valence electrons. The van der Waals surface area contributed by atoms with Crippen LogP contribution >= 0.6 is 0 Å². The van der Waals surface area contributed by atoms with Crippen LogP contribution < -0.4 is 10.1 Å². The van der Waals surface area contributed by atoms with E-state index >= 15 is 0 Å². The lowest BCUT2D eigenvalue weighted by molar-refractivity contribution is 0.386. The summed E-state index contributed by atoms with van der Waals surface area (Å²) < 4.78 is 18.5. The molecule has 1 aromatic heterocycles. The summed E-state index contributed by atoms with van der Waals surface area (Å²) in [6.07, 6.45) is 1.49. The predicted molar refractivity (Wildman–Crippen MR) is 73.9 cm³/mol. The Kier molecular flexibility index (Phi) is 4.16. The van der Waals surface area contributed by atoms with E-state index in [1.54, 1.807) is 24.3 Å². The summed E-state index contributed by atoms with van der Waals surface area (Å²) >= 11 is 0. The Morgan fingerprint density at radius 2 is 2.15 bits per heavy atom. The van der Waals surface area contributed by atoms with Gasteiger partial charge >= 0.3 is 0 Å². The van der Waals surface area contributed by atoms with Crippen LogP contribution in [0.15, 0.2) is 36.5 Å². The Morgan fingerprint density at radius 1 is 1.35 bits per heavy atom. The number of hydrogen-bond acceptors (Lipinski definition) is 4. The highest BCUT2D eigenvalue weighted by atomic mass is 19.1. The van der Waals surface area contributed by atoms with Crippen molar-refractivity contribution >= 4 is 5.82 Å². The van der Waals surface area contributed by atoms with Crippen LogP contribution in [0.5, 0.6) is 5.75 Å². The van der Waals surface area contributed by atoms with Gasteiger partial charge in [-0.1, -0.05) is 6.07 Å².